The van der Waals surface area contributed by atoms with E-state index in [-0.39, 0.29) is 27.4 Å². The molecule has 0 fully saturated rings. The summed E-state index contributed by atoms with van der Waals surface area (Å²) < 4.78 is 2.38. The third-order valence-corrected chi connectivity index (χ3v) is 16.3. The van der Waals surface area contributed by atoms with Crippen LogP contribution in [-0.4, -0.2) is 19.6 Å². The Balaban J connectivity index is 1.32. The van der Waals surface area contributed by atoms with E-state index in [1.807, 2.05) is 6.20 Å². The lowest BCUT2D eigenvalue weighted by Crippen LogP contribution is -2.17. The Morgan fingerprint density at radius 2 is 0.850 bits per heavy atom. The molecule has 0 spiro atoms. The first-order valence-corrected chi connectivity index (χ1v) is 28.3. The van der Waals surface area contributed by atoms with Crippen LogP contribution in [0.25, 0.3) is 117 Å². The molecule has 80 heavy (non-hydrogen) atoms. The van der Waals surface area contributed by atoms with Gasteiger partial charge in [0.2, 0.25) is 0 Å². The number of rotatable bonds is 6. The molecule has 12 rings (SSSR count). The van der Waals surface area contributed by atoms with E-state index in [1.165, 1.54) is 22.3 Å². The van der Waals surface area contributed by atoms with E-state index in [0.717, 1.165) is 106 Å². The van der Waals surface area contributed by atoms with Crippen molar-refractivity contribution in [1.29, 1.82) is 0 Å². The fraction of sp³-hybridized carbons (Fsp3) is 0.211. The van der Waals surface area contributed by atoms with Gasteiger partial charge in [0.25, 0.3) is 0 Å². The van der Waals surface area contributed by atoms with Gasteiger partial charge in [-0.05, 0) is 148 Å². The van der Waals surface area contributed by atoms with E-state index in [9.17, 15) is 5.11 Å². The van der Waals surface area contributed by atoms with Crippen molar-refractivity contribution in [3.8, 4) is 112 Å². The Kier molecular flexibility index (Phi) is 12.6. The number of hydrogen-bond donors (Lipinski definition) is 1. The molecule has 0 amide bonds. The molecule has 0 radical (unpaired) electrons. The predicted octanol–water partition coefficient (Wildman–Crippen LogP) is 20.6. The second-order valence-corrected chi connectivity index (χ2v) is 26.1. The SMILES string of the molecule is CC(C)(C)c1cc(-c2cc(-c3ccccc3)ccn2)cc(-c2c3c(cc4c2nc(-c2cc(C(C)(C)C)cc(C(C)(C)C)c2O)n4-c2ccc(C(C)(C)C)cc2-c2ccccc2)-c2ccccc2-c2ccccc2-c2ccccc2-3)c1. The van der Waals surface area contributed by atoms with Gasteiger partial charge in [-0.2, -0.15) is 0 Å². The number of imidazole rings is 1. The van der Waals surface area contributed by atoms with Gasteiger partial charge >= 0.3 is 0 Å². The second-order valence-electron chi connectivity index (χ2n) is 26.1. The topological polar surface area (TPSA) is 50.9 Å². The molecule has 0 bridgehead atoms. The molecule has 2 heterocycles. The first-order chi connectivity index (χ1) is 38.1. The minimum Gasteiger partial charge on any atom is -0.507 e. The van der Waals surface area contributed by atoms with E-state index >= 15 is 0 Å². The van der Waals surface area contributed by atoms with E-state index in [0.29, 0.717) is 11.4 Å². The zero-order valence-corrected chi connectivity index (χ0v) is 48.4. The van der Waals surface area contributed by atoms with Gasteiger partial charge in [0.15, 0.2) is 0 Å². The van der Waals surface area contributed by atoms with Crippen LogP contribution >= 0.6 is 0 Å². The van der Waals surface area contributed by atoms with Gasteiger partial charge < -0.3 is 5.11 Å². The lowest BCUT2D eigenvalue weighted by Gasteiger charge is -2.28. The molecule has 0 saturated heterocycles. The Bertz CT molecular complexity index is 4210. The average molecular weight is 1040 g/mol. The zero-order valence-electron chi connectivity index (χ0n) is 48.4. The highest BCUT2D eigenvalue weighted by atomic mass is 16.3. The third-order valence-electron chi connectivity index (χ3n) is 16.3. The summed E-state index contributed by atoms with van der Waals surface area (Å²) in [7, 11) is 0. The molecule has 1 N–H and O–H groups in total. The largest absolute Gasteiger partial charge is 0.507 e. The number of fused-ring (bicyclic) bond motifs is 9. The quantitative estimate of drug-likeness (QED) is 0.181. The maximum atomic E-state index is 13.2. The second kappa shape index (κ2) is 19.3. The minimum atomic E-state index is -0.390. The van der Waals surface area contributed by atoms with Crippen LogP contribution in [0.3, 0.4) is 0 Å². The number of hydrogen-bond acceptors (Lipinski definition) is 3. The summed E-state index contributed by atoms with van der Waals surface area (Å²) in [4.78, 5) is 11.3. The summed E-state index contributed by atoms with van der Waals surface area (Å²) >= 11 is 0. The molecule has 1 aliphatic carbocycles. The fourth-order valence-electron chi connectivity index (χ4n) is 11.9. The first kappa shape index (κ1) is 52.1. The maximum Gasteiger partial charge on any atom is 0.149 e. The van der Waals surface area contributed by atoms with E-state index in [2.05, 4.69) is 288 Å². The minimum absolute atomic E-state index is 0.134. The number of aromatic nitrogens is 3. The number of aromatic hydroxyl groups is 1. The van der Waals surface area contributed by atoms with Gasteiger partial charge in [0.1, 0.15) is 11.6 Å². The highest BCUT2D eigenvalue weighted by Crippen LogP contribution is 2.55. The van der Waals surface area contributed by atoms with Gasteiger partial charge in [-0.25, -0.2) is 4.98 Å². The molecule has 2 aromatic heterocycles. The average Bonchev–Trinajstić information content (AvgIpc) is 4.05. The van der Waals surface area contributed by atoms with Gasteiger partial charge in [-0.15, -0.1) is 0 Å². The lowest BCUT2D eigenvalue weighted by atomic mass is 9.77. The van der Waals surface area contributed by atoms with Gasteiger partial charge in [0.05, 0.1) is 28.0 Å². The molecule has 4 heteroatoms. The normalized spacial score (nSPS) is 12.6. The Morgan fingerprint density at radius 3 is 1.43 bits per heavy atom. The maximum absolute atomic E-state index is 13.2. The Labute approximate surface area is 473 Å². The first-order valence-electron chi connectivity index (χ1n) is 28.3. The van der Waals surface area contributed by atoms with Crippen molar-refractivity contribution < 1.29 is 5.11 Å². The Hall–Kier alpha value is -8.60. The smallest absolute Gasteiger partial charge is 0.149 e. The monoisotopic (exact) mass is 1040 g/mol. The van der Waals surface area contributed by atoms with Crippen molar-refractivity contribution in [2.75, 3.05) is 0 Å². The zero-order chi connectivity index (χ0) is 56.0. The molecular weight excluding hydrogens is 971 g/mol. The van der Waals surface area contributed by atoms with Gasteiger partial charge in [-0.3, -0.25) is 9.55 Å². The number of nitrogens with zero attached hydrogens (tertiary/aromatic N) is 3. The third kappa shape index (κ3) is 9.25. The van der Waals surface area contributed by atoms with Crippen LogP contribution < -0.4 is 0 Å². The summed E-state index contributed by atoms with van der Waals surface area (Å²) in [5.41, 5.74) is 24.3. The van der Waals surface area contributed by atoms with E-state index in [1.54, 1.807) is 0 Å². The number of pyridine rings is 1. The molecule has 0 aliphatic heterocycles. The Morgan fingerprint density at radius 1 is 0.350 bits per heavy atom. The van der Waals surface area contributed by atoms with Crippen LogP contribution in [-0.2, 0) is 21.7 Å². The predicted molar refractivity (Wildman–Crippen MR) is 338 cm³/mol. The van der Waals surface area contributed by atoms with Crippen molar-refractivity contribution in [2.45, 2.75) is 105 Å². The van der Waals surface area contributed by atoms with Crippen molar-refractivity contribution in [2.24, 2.45) is 0 Å². The van der Waals surface area contributed by atoms with E-state index in [4.69, 9.17) is 9.97 Å². The number of benzene rings is 9. The summed E-state index contributed by atoms with van der Waals surface area (Å²) in [6.45, 7) is 27.1. The van der Waals surface area contributed by atoms with Crippen molar-refractivity contribution in [3.63, 3.8) is 0 Å². The molecule has 0 saturated carbocycles. The van der Waals surface area contributed by atoms with Gasteiger partial charge in [0, 0.05) is 34.0 Å². The highest BCUT2D eigenvalue weighted by Gasteiger charge is 2.34. The van der Waals surface area contributed by atoms with Crippen LogP contribution in [0.1, 0.15) is 105 Å². The summed E-state index contributed by atoms with van der Waals surface area (Å²) in [6.07, 6.45) is 1.94. The number of phenols is 1. The molecule has 0 atom stereocenters. The molecule has 1 aliphatic rings. The van der Waals surface area contributed by atoms with Crippen LogP contribution in [0, 0.1) is 0 Å². The highest BCUT2D eigenvalue weighted by molar-refractivity contribution is 6.14. The van der Waals surface area contributed by atoms with Crippen LogP contribution in [0.15, 0.2) is 206 Å². The van der Waals surface area contributed by atoms with Crippen molar-refractivity contribution in [3.05, 3.63) is 229 Å². The lowest BCUT2D eigenvalue weighted by molar-refractivity contribution is 0.446. The van der Waals surface area contributed by atoms with Crippen molar-refractivity contribution in [1.82, 2.24) is 14.5 Å². The number of phenolic OH excluding ortho intramolecular Hbond substituents is 1. The molecule has 4 nitrogen and oxygen atoms in total. The summed E-state index contributed by atoms with van der Waals surface area (Å²) in [6, 6.07) is 73.3. The van der Waals surface area contributed by atoms with Crippen molar-refractivity contribution >= 4 is 11.0 Å². The van der Waals surface area contributed by atoms with Gasteiger partial charge in [-0.1, -0.05) is 235 Å². The molecule has 9 aromatic carbocycles. The van der Waals surface area contributed by atoms with Crippen LogP contribution in [0.2, 0.25) is 0 Å². The molecule has 11 aromatic rings. The van der Waals surface area contributed by atoms with Crippen LogP contribution in [0.4, 0.5) is 0 Å². The van der Waals surface area contributed by atoms with E-state index < -0.39 is 0 Å². The molecule has 0 unspecified atom stereocenters. The summed E-state index contributed by atoms with van der Waals surface area (Å²) in [5, 5.41) is 13.2. The molecule has 396 valence electrons. The molecular formula is C76H71N3O. The van der Waals surface area contributed by atoms with Crippen LogP contribution in [0.5, 0.6) is 5.75 Å². The summed E-state index contributed by atoms with van der Waals surface area (Å²) in [5.74, 6) is 0.908. The standard InChI is InChI=1S/C76H71N3O/c1-73(2,3)52-35-36-66(61(43-52)48-27-17-14-18-28-48)79-67-46-62-59-33-22-21-31-57(59)55-29-19-20-30-56(55)58-32-23-24-34-60(58)69(62)68(70(67)78-72(79)63-44-54(75(7,8)9)45-64(71(63)80)76(10,11)12)51-39-50(40-53(41-51)74(4,5)6)65-42-49(37-38-77-65)47-25-15-13-16-26-47/h13-46,80H,1-12H3. The fourth-order valence-corrected chi connectivity index (χ4v) is 11.9.